The Bertz CT molecular complexity index is 591. The summed E-state index contributed by atoms with van der Waals surface area (Å²) in [5.74, 6) is 0.935. The first-order valence-electron chi connectivity index (χ1n) is 9.01. The fraction of sp³-hybridized carbons (Fsp3) is 0.722. The van der Waals surface area contributed by atoms with Gasteiger partial charge in [-0.3, -0.25) is 4.79 Å². The third kappa shape index (κ3) is 4.11. The summed E-state index contributed by atoms with van der Waals surface area (Å²) in [6, 6.07) is 0. The molecule has 1 aromatic rings. The van der Waals surface area contributed by atoms with Crippen LogP contribution in [0.25, 0.3) is 0 Å². The van der Waals surface area contributed by atoms with Gasteiger partial charge in [-0.1, -0.05) is 0 Å². The molecule has 0 radical (unpaired) electrons. The predicted octanol–water partition coefficient (Wildman–Crippen LogP) is 1.25. The maximum Gasteiger partial charge on any atom is 0.224 e. The zero-order valence-electron chi connectivity index (χ0n) is 14.8. The minimum Gasteiger partial charge on any atom is -0.383 e. The van der Waals surface area contributed by atoms with Crippen LogP contribution in [0.5, 0.6) is 0 Å². The van der Waals surface area contributed by atoms with Crippen molar-refractivity contribution in [2.24, 2.45) is 5.92 Å². The van der Waals surface area contributed by atoms with E-state index in [0.717, 1.165) is 57.0 Å². The van der Waals surface area contributed by atoms with Crippen LogP contribution in [0.2, 0.25) is 0 Å². The van der Waals surface area contributed by atoms with E-state index in [1.807, 2.05) is 0 Å². The van der Waals surface area contributed by atoms with Crippen molar-refractivity contribution in [3.63, 3.8) is 0 Å². The lowest BCUT2D eigenvalue weighted by Crippen LogP contribution is -2.33. The first kappa shape index (κ1) is 17.3. The van der Waals surface area contributed by atoms with Crippen LogP contribution in [0.1, 0.15) is 42.0 Å². The number of nitrogens with zero attached hydrogens (tertiary/aromatic N) is 3. The van der Waals surface area contributed by atoms with Crippen LogP contribution < -0.4 is 5.32 Å². The number of aromatic nitrogens is 2. The highest BCUT2D eigenvalue weighted by Gasteiger charge is 2.28. The normalized spacial score (nSPS) is 20.8. The van der Waals surface area contributed by atoms with Gasteiger partial charge in [0.25, 0.3) is 0 Å². The maximum atomic E-state index is 12.4. The predicted molar refractivity (Wildman–Crippen MR) is 91.7 cm³/mol. The Kier molecular flexibility index (Phi) is 5.79. The zero-order chi connectivity index (χ0) is 16.9. The van der Waals surface area contributed by atoms with E-state index in [9.17, 15) is 4.79 Å². The Hall–Kier alpha value is -1.53. The van der Waals surface area contributed by atoms with Crippen molar-refractivity contribution in [3.8, 4) is 0 Å². The van der Waals surface area contributed by atoms with Crippen molar-refractivity contribution in [1.29, 1.82) is 0 Å². The topological polar surface area (TPSA) is 67.3 Å². The molecule has 1 N–H and O–H groups in total. The summed E-state index contributed by atoms with van der Waals surface area (Å²) in [7, 11) is 1.71. The molecule has 0 saturated carbocycles. The van der Waals surface area contributed by atoms with Gasteiger partial charge in [0.05, 0.1) is 19.1 Å². The standard InChI is InChI=1S/C18H28N4O2/c1-13-15-5-3-4-6-16(15)21-17(20-13)11-19-18(23)14-7-8-22(12-14)9-10-24-2/h14H,3-12H2,1-2H3,(H,19,23). The minimum absolute atomic E-state index is 0.0700. The van der Waals surface area contributed by atoms with Crippen LogP contribution in [0.15, 0.2) is 0 Å². The first-order valence-corrected chi connectivity index (χ1v) is 9.01. The fourth-order valence-corrected chi connectivity index (χ4v) is 3.70. The second-order valence-electron chi connectivity index (χ2n) is 6.85. The van der Waals surface area contributed by atoms with Crippen LogP contribution in [0.4, 0.5) is 0 Å². The zero-order valence-corrected chi connectivity index (χ0v) is 14.8. The van der Waals surface area contributed by atoms with E-state index < -0.39 is 0 Å². The van der Waals surface area contributed by atoms with E-state index in [2.05, 4.69) is 27.1 Å². The van der Waals surface area contributed by atoms with Crippen molar-refractivity contribution >= 4 is 5.91 Å². The third-order valence-corrected chi connectivity index (χ3v) is 5.11. The second kappa shape index (κ2) is 8.03. The van der Waals surface area contributed by atoms with Gasteiger partial charge < -0.3 is 15.0 Å². The van der Waals surface area contributed by atoms with Gasteiger partial charge >= 0.3 is 0 Å². The average molecular weight is 332 g/mol. The summed E-state index contributed by atoms with van der Waals surface area (Å²) in [5, 5.41) is 3.03. The monoisotopic (exact) mass is 332 g/mol. The number of ether oxygens (including phenoxy) is 1. The number of aryl methyl sites for hydroxylation is 2. The number of hydrogen-bond donors (Lipinski definition) is 1. The molecule has 0 aromatic carbocycles. The van der Waals surface area contributed by atoms with E-state index in [0.29, 0.717) is 6.54 Å². The summed E-state index contributed by atoms with van der Waals surface area (Å²) < 4.78 is 5.10. The Balaban J connectivity index is 1.52. The second-order valence-corrected chi connectivity index (χ2v) is 6.85. The molecular formula is C18H28N4O2. The molecule has 1 saturated heterocycles. The number of amides is 1. The van der Waals surface area contributed by atoms with Crippen molar-refractivity contribution < 1.29 is 9.53 Å². The molecule has 0 spiro atoms. The summed E-state index contributed by atoms with van der Waals surface area (Å²) in [5.41, 5.74) is 3.58. The summed E-state index contributed by atoms with van der Waals surface area (Å²) in [4.78, 5) is 23.9. The van der Waals surface area contributed by atoms with Gasteiger partial charge in [-0.15, -0.1) is 0 Å². The van der Waals surface area contributed by atoms with Gasteiger partial charge in [0.2, 0.25) is 5.91 Å². The van der Waals surface area contributed by atoms with Gasteiger partial charge in [-0.05, 0) is 51.1 Å². The van der Waals surface area contributed by atoms with E-state index in [1.165, 1.54) is 24.1 Å². The van der Waals surface area contributed by atoms with Crippen LogP contribution in [0, 0.1) is 12.8 Å². The Morgan fingerprint density at radius 1 is 1.33 bits per heavy atom. The quantitative estimate of drug-likeness (QED) is 0.849. The number of rotatable bonds is 6. The van der Waals surface area contributed by atoms with E-state index in [4.69, 9.17) is 4.74 Å². The maximum absolute atomic E-state index is 12.4. The minimum atomic E-state index is 0.0700. The van der Waals surface area contributed by atoms with Crippen molar-refractivity contribution in [2.75, 3.05) is 33.4 Å². The molecule has 1 unspecified atom stereocenters. The first-order chi connectivity index (χ1) is 11.7. The van der Waals surface area contributed by atoms with Gasteiger partial charge in [-0.25, -0.2) is 9.97 Å². The van der Waals surface area contributed by atoms with E-state index >= 15 is 0 Å². The number of likely N-dealkylation sites (tertiary alicyclic amines) is 1. The van der Waals surface area contributed by atoms with E-state index in [1.54, 1.807) is 7.11 Å². The molecule has 0 bridgehead atoms. The highest BCUT2D eigenvalue weighted by atomic mass is 16.5. The molecule has 6 heteroatoms. The van der Waals surface area contributed by atoms with Gasteiger partial charge in [0.15, 0.2) is 0 Å². The van der Waals surface area contributed by atoms with Crippen molar-refractivity contribution in [1.82, 2.24) is 20.2 Å². The molecule has 24 heavy (non-hydrogen) atoms. The molecular weight excluding hydrogens is 304 g/mol. The third-order valence-electron chi connectivity index (χ3n) is 5.11. The smallest absolute Gasteiger partial charge is 0.224 e. The largest absolute Gasteiger partial charge is 0.383 e. The van der Waals surface area contributed by atoms with E-state index in [-0.39, 0.29) is 11.8 Å². The van der Waals surface area contributed by atoms with Crippen molar-refractivity contribution in [3.05, 3.63) is 22.8 Å². The molecule has 1 amide bonds. The molecule has 1 aliphatic carbocycles. The van der Waals surface area contributed by atoms with Crippen LogP contribution in [-0.2, 0) is 28.9 Å². The highest BCUT2D eigenvalue weighted by molar-refractivity contribution is 5.79. The molecule has 132 valence electrons. The van der Waals surface area contributed by atoms with Crippen LogP contribution in [-0.4, -0.2) is 54.1 Å². The number of carbonyl (C=O) groups excluding carboxylic acids is 1. The lowest BCUT2D eigenvalue weighted by atomic mass is 9.95. The number of fused-ring (bicyclic) bond motifs is 1. The Morgan fingerprint density at radius 2 is 2.17 bits per heavy atom. The average Bonchev–Trinajstić information content (AvgIpc) is 3.07. The van der Waals surface area contributed by atoms with Gasteiger partial charge in [-0.2, -0.15) is 0 Å². The van der Waals surface area contributed by atoms with Gasteiger partial charge in [0.1, 0.15) is 5.82 Å². The number of carbonyl (C=O) groups is 1. The van der Waals surface area contributed by atoms with Crippen LogP contribution in [0.3, 0.4) is 0 Å². The number of methoxy groups -OCH3 is 1. The lowest BCUT2D eigenvalue weighted by Gasteiger charge is -2.18. The highest BCUT2D eigenvalue weighted by Crippen LogP contribution is 2.21. The van der Waals surface area contributed by atoms with Crippen molar-refractivity contribution in [2.45, 2.75) is 45.6 Å². The molecule has 1 atom stereocenters. The summed E-state index contributed by atoms with van der Waals surface area (Å²) >= 11 is 0. The molecule has 2 aliphatic rings. The molecule has 6 nitrogen and oxygen atoms in total. The molecule has 3 rings (SSSR count). The SMILES string of the molecule is COCCN1CCC(C(=O)NCc2nc(C)c3c(n2)CCCC3)C1. The lowest BCUT2D eigenvalue weighted by molar-refractivity contribution is -0.124. The molecule has 1 fully saturated rings. The molecule has 2 heterocycles. The fourth-order valence-electron chi connectivity index (χ4n) is 3.70. The number of hydrogen-bond acceptors (Lipinski definition) is 5. The Morgan fingerprint density at radius 3 is 3.00 bits per heavy atom. The Labute approximate surface area is 144 Å². The molecule has 1 aromatic heterocycles. The number of nitrogens with one attached hydrogen (secondary N) is 1. The summed E-state index contributed by atoms with van der Waals surface area (Å²) in [6.45, 7) is 5.89. The summed E-state index contributed by atoms with van der Waals surface area (Å²) in [6.07, 6.45) is 5.48. The van der Waals surface area contributed by atoms with Gasteiger partial charge in [0, 0.05) is 31.6 Å². The van der Waals surface area contributed by atoms with Crippen LogP contribution >= 0.6 is 0 Å². The molecule has 1 aliphatic heterocycles.